The topological polar surface area (TPSA) is 59.4 Å². The fourth-order valence-corrected chi connectivity index (χ4v) is 2.74. The summed E-state index contributed by atoms with van der Waals surface area (Å²) in [7, 11) is 1.61. The molecule has 0 unspecified atom stereocenters. The standard InChI is InChI=1S/C20H20FN3O2/c1-14(22-12-13-26-2)18-19(15-6-4-3-5-7-15)23-24(20(18)25)17-10-8-16(21)9-11-17/h3-11,23H,12-13H2,1-2H3. The molecule has 1 heterocycles. The summed E-state index contributed by atoms with van der Waals surface area (Å²) in [5.41, 5.74) is 3.01. The molecule has 0 aliphatic carbocycles. The molecular formula is C20H20FN3O2. The van der Waals surface area contributed by atoms with Gasteiger partial charge in [0.05, 0.1) is 30.1 Å². The van der Waals surface area contributed by atoms with E-state index in [4.69, 9.17) is 4.74 Å². The Hall–Kier alpha value is -2.99. The summed E-state index contributed by atoms with van der Waals surface area (Å²) in [6.07, 6.45) is 0. The average Bonchev–Trinajstić information content (AvgIpc) is 3.00. The molecule has 0 saturated heterocycles. The summed E-state index contributed by atoms with van der Waals surface area (Å²) >= 11 is 0. The van der Waals surface area contributed by atoms with Gasteiger partial charge in [-0.25, -0.2) is 9.07 Å². The van der Waals surface area contributed by atoms with Crippen molar-refractivity contribution in [3.63, 3.8) is 0 Å². The number of aromatic nitrogens is 2. The molecule has 0 radical (unpaired) electrons. The summed E-state index contributed by atoms with van der Waals surface area (Å²) < 4.78 is 19.7. The normalized spacial score (nSPS) is 11.7. The molecule has 0 aliphatic heterocycles. The first-order chi connectivity index (χ1) is 12.6. The van der Waals surface area contributed by atoms with Crippen molar-refractivity contribution >= 4 is 5.71 Å². The van der Waals surface area contributed by atoms with Gasteiger partial charge in [-0.1, -0.05) is 30.3 Å². The zero-order valence-corrected chi connectivity index (χ0v) is 14.7. The molecule has 0 amide bonds. The van der Waals surface area contributed by atoms with Crippen LogP contribution in [0.5, 0.6) is 0 Å². The fraction of sp³-hybridized carbons (Fsp3) is 0.200. The Balaban J connectivity index is 2.16. The Morgan fingerprint density at radius 2 is 1.85 bits per heavy atom. The van der Waals surface area contributed by atoms with Gasteiger partial charge in [-0.05, 0) is 31.2 Å². The van der Waals surface area contributed by atoms with E-state index in [0.29, 0.717) is 35.8 Å². The fourth-order valence-electron chi connectivity index (χ4n) is 2.74. The minimum Gasteiger partial charge on any atom is -0.383 e. The number of aromatic amines is 1. The zero-order chi connectivity index (χ0) is 18.5. The predicted molar refractivity (Wildman–Crippen MR) is 101 cm³/mol. The highest BCUT2D eigenvalue weighted by atomic mass is 19.1. The van der Waals surface area contributed by atoms with Gasteiger partial charge in [0.2, 0.25) is 0 Å². The number of methoxy groups -OCH3 is 1. The van der Waals surface area contributed by atoms with Crippen LogP contribution in [0.15, 0.2) is 64.4 Å². The summed E-state index contributed by atoms with van der Waals surface area (Å²) in [6.45, 7) is 2.76. The van der Waals surface area contributed by atoms with E-state index in [2.05, 4.69) is 10.1 Å². The van der Waals surface area contributed by atoms with Crippen molar-refractivity contribution < 1.29 is 9.13 Å². The number of hydrogen-bond donors (Lipinski definition) is 1. The van der Waals surface area contributed by atoms with E-state index in [9.17, 15) is 9.18 Å². The summed E-state index contributed by atoms with van der Waals surface area (Å²) in [5.74, 6) is -0.353. The molecule has 0 bridgehead atoms. The molecule has 26 heavy (non-hydrogen) atoms. The number of hydrogen-bond acceptors (Lipinski definition) is 3. The van der Waals surface area contributed by atoms with Crippen molar-refractivity contribution in [2.24, 2.45) is 4.99 Å². The van der Waals surface area contributed by atoms with Crippen LogP contribution in [0.25, 0.3) is 16.9 Å². The number of nitrogens with one attached hydrogen (secondary N) is 1. The molecule has 1 N–H and O–H groups in total. The van der Waals surface area contributed by atoms with Crippen LogP contribution in [0.4, 0.5) is 4.39 Å². The minimum absolute atomic E-state index is 0.228. The Bertz CT molecular complexity index is 957. The predicted octanol–water partition coefficient (Wildman–Crippen LogP) is 3.43. The van der Waals surface area contributed by atoms with Gasteiger partial charge in [-0.15, -0.1) is 0 Å². The maximum absolute atomic E-state index is 13.2. The molecule has 0 spiro atoms. The molecule has 5 nitrogen and oxygen atoms in total. The summed E-state index contributed by atoms with van der Waals surface area (Å²) in [5, 5.41) is 3.14. The third-order valence-corrected chi connectivity index (χ3v) is 4.04. The van der Waals surface area contributed by atoms with Crippen molar-refractivity contribution in [1.29, 1.82) is 0 Å². The van der Waals surface area contributed by atoms with E-state index < -0.39 is 0 Å². The number of aliphatic imine (C=N–C) groups is 1. The zero-order valence-electron chi connectivity index (χ0n) is 14.7. The Kier molecular flexibility index (Phi) is 5.43. The summed E-state index contributed by atoms with van der Waals surface area (Å²) in [4.78, 5) is 17.5. The monoisotopic (exact) mass is 353 g/mol. The Labute approximate surface area is 150 Å². The number of nitrogens with zero attached hydrogens (tertiary/aromatic N) is 2. The van der Waals surface area contributed by atoms with Crippen LogP contribution in [0.2, 0.25) is 0 Å². The van der Waals surface area contributed by atoms with E-state index in [-0.39, 0.29) is 11.4 Å². The number of halogens is 1. The molecule has 3 rings (SSSR count). The first-order valence-corrected chi connectivity index (χ1v) is 8.28. The third kappa shape index (κ3) is 3.65. The summed E-state index contributed by atoms with van der Waals surface area (Å²) in [6, 6.07) is 15.3. The number of H-pyrrole nitrogens is 1. The lowest BCUT2D eigenvalue weighted by molar-refractivity contribution is 0.208. The maximum Gasteiger partial charge on any atom is 0.280 e. The second kappa shape index (κ2) is 7.93. The van der Waals surface area contributed by atoms with Gasteiger partial charge >= 0.3 is 0 Å². The van der Waals surface area contributed by atoms with Gasteiger partial charge in [-0.3, -0.25) is 14.9 Å². The van der Waals surface area contributed by atoms with Gasteiger partial charge in [0, 0.05) is 18.4 Å². The molecule has 134 valence electrons. The van der Waals surface area contributed by atoms with Crippen LogP contribution in [-0.2, 0) is 4.74 Å². The van der Waals surface area contributed by atoms with Crippen LogP contribution in [-0.4, -0.2) is 35.8 Å². The molecule has 3 aromatic rings. The van der Waals surface area contributed by atoms with Gasteiger partial charge in [0.15, 0.2) is 0 Å². The molecule has 6 heteroatoms. The van der Waals surface area contributed by atoms with Gasteiger partial charge in [0.25, 0.3) is 5.56 Å². The van der Waals surface area contributed by atoms with Gasteiger partial charge < -0.3 is 4.74 Å². The minimum atomic E-state index is -0.353. The van der Waals surface area contributed by atoms with E-state index >= 15 is 0 Å². The first kappa shape index (κ1) is 17.8. The Morgan fingerprint density at radius 1 is 1.15 bits per heavy atom. The lowest BCUT2D eigenvalue weighted by atomic mass is 10.1. The van der Waals surface area contributed by atoms with Crippen molar-refractivity contribution in [3.8, 4) is 16.9 Å². The largest absolute Gasteiger partial charge is 0.383 e. The van der Waals surface area contributed by atoms with Crippen LogP contribution in [0.1, 0.15) is 12.5 Å². The van der Waals surface area contributed by atoms with Gasteiger partial charge in [-0.2, -0.15) is 0 Å². The quantitative estimate of drug-likeness (QED) is 0.545. The second-order valence-electron chi connectivity index (χ2n) is 5.80. The maximum atomic E-state index is 13.2. The highest BCUT2D eigenvalue weighted by Crippen LogP contribution is 2.21. The first-order valence-electron chi connectivity index (χ1n) is 8.28. The highest BCUT2D eigenvalue weighted by molar-refractivity contribution is 6.03. The van der Waals surface area contributed by atoms with Crippen molar-refractivity contribution in [3.05, 3.63) is 76.3 Å². The Morgan fingerprint density at radius 3 is 2.50 bits per heavy atom. The van der Waals surface area contributed by atoms with Crippen molar-refractivity contribution in [1.82, 2.24) is 9.78 Å². The lowest BCUT2D eigenvalue weighted by Crippen LogP contribution is -2.20. The molecule has 1 aromatic heterocycles. The molecule has 0 aliphatic rings. The van der Waals surface area contributed by atoms with Crippen molar-refractivity contribution in [2.75, 3.05) is 20.3 Å². The van der Waals surface area contributed by atoms with E-state index in [1.807, 2.05) is 37.3 Å². The smallest absolute Gasteiger partial charge is 0.280 e. The van der Waals surface area contributed by atoms with Crippen LogP contribution >= 0.6 is 0 Å². The van der Waals surface area contributed by atoms with Crippen molar-refractivity contribution in [2.45, 2.75) is 6.92 Å². The number of benzene rings is 2. The highest BCUT2D eigenvalue weighted by Gasteiger charge is 2.19. The molecule has 0 atom stereocenters. The van der Waals surface area contributed by atoms with Gasteiger partial charge in [0.1, 0.15) is 5.82 Å². The third-order valence-electron chi connectivity index (χ3n) is 4.04. The van der Waals surface area contributed by atoms with Crippen LogP contribution in [0.3, 0.4) is 0 Å². The average molecular weight is 353 g/mol. The van der Waals surface area contributed by atoms with Crippen LogP contribution in [0, 0.1) is 5.82 Å². The molecule has 2 aromatic carbocycles. The van der Waals surface area contributed by atoms with Crippen LogP contribution < -0.4 is 5.56 Å². The molecular weight excluding hydrogens is 333 g/mol. The lowest BCUT2D eigenvalue weighted by Gasteiger charge is -2.03. The van der Waals surface area contributed by atoms with E-state index in [1.165, 1.54) is 16.8 Å². The molecule has 0 saturated carbocycles. The second-order valence-corrected chi connectivity index (χ2v) is 5.80. The number of ether oxygens (including phenoxy) is 1. The number of rotatable bonds is 6. The van der Waals surface area contributed by atoms with E-state index in [0.717, 1.165) is 5.56 Å². The molecule has 0 fully saturated rings. The van der Waals surface area contributed by atoms with E-state index in [1.54, 1.807) is 19.2 Å². The SMILES string of the molecule is COCCN=C(C)c1c(-c2ccccc2)[nH]n(-c2ccc(F)cc2)c1=O.